The van der Waals surface area contributed by atoms with E-state index in [1.807, 2.05) is 29.2 Å². The quantitative estimate of drug-likeness (QED) is 0.795. The minimum atomic E-state index is 0.123. The molecule has 1 aromatic carbocycles. The van der Waals surface area contributed by atoms with Gasteiger partial charge in [-0.25, -0.2) is 0 Å². The minimum Gasteiger partial charge on any atom is -0.317 e. The maximum Gasteiger partial charge on any atom is 0.259 e. The number of rotatable bonds is 1. The van der Waals surface area contributed by atoms with Crippen LogP contribution in [0.25, 0.3) is 5.70 Å². The fourth-order valence-corrected chi connectivity index (χ4v) is 2.75. The zero-order valence-electron chi connectivity index (χ0n) is 9.78. The third-order valence-corrected chi connectivity index (χ3v) is 3.65. The third-order valence-electron chi connectivity index (χ3n) is 3.65. The van der Waals surface area contributed by atoms with Gasteiger partial charge in [0.05, 0.1) is 0 Å². The molecule has 3 rings (SSSR count). The van der Waals surface area contributed by atoms with E-state index in [2.05, 4.69) is 11.9 Å². The molecule has 0 bridgehead atoms. The Morgan fingerprint density at radius 3 is 2.47 bits per heavy atom. The van der Waals surface area contributed by atoms with E-state index < -0.39 is 0 Å². The zero-order chi connectivity index (χ0) is 11.8. The third kappa shape index (κ3) is 1.58. The summed E-state index contributed by atoms with van der Waals surface area (Å²) in [5.74, 6) is 0.123. The average Bonchev–Trinajstić information content (AvgIpc) is 2.64. The molecular formula is C14H16N2O. The summed E-state index contributed by atoms with van der Waals surface area (Å²) in [6.45, 7) is 6.06. The molecule has 1 fully saturated rings. The van der Waals surface area contributed by atoms with Crippen LogP contribution in [0.2, 0.25) is 0 Å². The molecule has 1 saturated heterocycles. The van der Waals surface area contributed by atoms with E-state index >= 15 is 0 Å². The summed E-state index contributed by atoms with van der Waals surface area (Å²) < 4.78 is 0. The molecule has 0 unspecified atom stereocenters. The molecule has 2 aliphatic rings. The highest BCUT2D eigenvalue weighted by molar-refractivity contribution is 6.09. The Morgan fingerprint density at radius 2 is 1.82 bits per heavy atom. The Kier molecular flexibility index (Phi) is 2.48. The summed E-state index contributed by atoms with van der Waals surface area (Å²) >= 11 is 0. The number of carbonyl (C=O) groups is 1. The van der Waals surface area contributed by atoms with Crippen molar-refractivity contribution in [1.29, 1.82) is 0 Å². The molecule has 17 heavy (non-hydrogen) atoms. The van der Waals surface area contributed by atoms with E-state index in [9.17, 15) is 4.79 Å². The van der Waals surface area contributed by atoms with Crippen molar-refractivity contribution in [3.8, 4) is 0 Å². The summed E-state index contributed by atoms with van der Waals surface area (Å²) in [5, 5.41) is 3.32. The molecule has 1 N–H and O–H groups in total. The lowest BCUT2D eigenvalue weighted by molar-refractivity contribution is 0.0783. The lowest BCUT2D eigenvalue weighted by Gasteiger charge is -2.32. The second kappa shape index (κ2) is 4.00. The number of amides is 1. The van der Waals surface area contributed by atoms with Crippen LogP contribution in [0, 0.1) is 0 Å². The monoisotopic (exact) mass is 228 g/mol. The highest BCUT2D eigenvalue weighted by Gasteiger charge is 2.35. The first kappa shape index (κ1) is 10.5. The van der Waals surface area contributed by atoms with Crippen LogP contribution in [0.1, 0.15) is 28.8 Å². The maximum absolute atomic E-state index is 12.4. The number of hydrogen-bond acceptors (Lipinski definition) is 2. The molecule has 3 nitrogen and oxygen atoms in total. The first-order valence-corrected chi connectivity index (χ1v) is 6.11. The molecule has 0 saturated carbocycles. The van der Waals surface area contributed by atoms with Crippen molar-refractivity contribution in [2.75, 3.05) is 13.1 Å². The van der Waals surface area contributed by atoms with Gasteiger partial charge in [-0.2, -0.15) is 0 Å². The molecule has 1 amide bonds. The van der Waals surface area contributed by atoms with E-state index in [1.165, 1.54) is 0 Å². The van der Waals surface area contributed by atoms with Crippen LogP contribution in [0.3, 0.4) is 0 Å². The van der Waals surface area contributed by atoms with Crippen LogP contribution in [0.4, 0.5) is 0 Å². The Labute approximate surface area is 101 Å². The molecule has 0 aromatic heterocycles. The number of carbonyl (C=O) groups excluding carboxylic acids is 1. The molecule has 0 atom stereocenters. The van der Waals surface area contributed by atoms with Gasteiger partial charge in [0.15, 0.2) is 0 Å². The lowest BCUT2D eigenvalue weighted by Crippen LogP contribution is -2.42. The summed E-state index contributed by atoms with van der Waals surface area (Å²) in [7, 11) is 0. The smallest absolute Gasteiger partial charge is 0.259 e. The Balaban J connectivity index is 1.94. The number of benzene rings is 1. The van der Waals surface area contributed by atoms with E-state index in [0.29, 0.717) is 6.04 Å². The fraction of sp³-hybridized carbons (Fsp3) is 0.357. The largest absolute Gasteiger partial charge is 0.317 e. The Hall–Kier alpha value is -1.61. The SMILES string of the molecule is C=C1c2ccccc2C(=O)N1C1CCNCC1. The van der Waals surface area contributed by atoms with Crippen LogP contribution in [-0.2, 0) is 0 Å². The number of hydrogen-bond donors (Lipinski definition) is 1. The molecular weight excluding hydrogens is 212 g/mol. The van der Waals surface area contributed by atoms with Gasteiger partial charge < -0.3 is 10.2 Å². The Bertz CT molecular complexity index is 440. The molecule has 2 aliphatic heterocycles. The van der Waals surface area contributed by atoms with Crippen LogP contribution in [0.5, 0.6) is 0 Å². The number of piperidine rings is 1. The van der Waals surface area contributed by atoms with Crippen LogP contribution in [-0.4, -0.2) is 29.9 Å². The van der Waals surface area contributed by atoms with Crippen molar-refractivity contribution in [3.05, 3.63) is 42.0 Å². The standard InChI is InChI=1S/C14H16N2O/c1-10-12-4-2-3-5-13(12)14(17)16(10)11-6-8-15-9-7-11/h2-5,11,15H,1,6-9H2. The molecule has 0 aliphatic carbocycles. The minimum absolute atomic E-state index is 0.123. The summed E-state index contributed by atoms with van der Waals surface area (Å²) in [6, 6.07) is 8.06. The van der Waals surface area contributed by atoms with Crippen molar-refractivity contribution >= 4 is 11.6 Å². The van der Waals surface area contributed by atoms with Gasteiger partial charge in [0.1, 0.15) is 0 Å². The summed E-state index contributed by atoms with van der Waals surface area (Å²) in [4.78, 5) is 14.2. The molecule has 2 heterocycles. The van der Waals surface area contributed by atoms with E-state index in [-0.39, 0.29) is 5.91 Å². The molecule has 1 aromatic rings. The normalized spacial score (nSPS) is 20.8. The Morgan fingerprint density at radius 1 is 1.18 bits per heavy atom. The van der Waals surface area contributed by atoms with E-state index in [1.54, 1.807) is 0 Å². The number of nitrogens with zero attached hydrogens (tertiary/aromatic N) is 1. The number of fused-ring (bicyclic) bond motifs is 1. The maximum atomic E-state index is 12.4. The fourth-order valence-electron chi connectivity index (χ4n) is 2.75. The van der Waals surface area contributed by atoms with Crippen LogP contribution >= 0.6 is 0 Å². The summed E-state index contributed by atoms with van der Waals surface area (Å²) in [6.07, 6.45) is 2.03. The topological polar surface area (TPSA) is 32.3 Å². The molecule has 0 radical (unpaired) electrons. The zero-order valence-corrected chi connectivity index (χ0v) is 9.78. The van der Waals surface area contributed by atoms with Gasteiger partial charge in [-0.15, -0.1) is 0 Å². The van der Waals surface area contributed by atoms with Gasteiger partial charge in [0.25, 0.3) is 5.91 Å². The van der Waals surface area contributed by atoms with Gasteiger partial charge in [0, 0.05) is 22.9 Å². The highest BCUT2D eigenvalue weighted by Crippen LogP contribution is 2.34. The first-order chi connectivity index (χ1) is 8.29. The van der Waals surface area contributed by atoms with Crippen molar-refractivity contribution in [3.63, 3.8) is 0 Å². The van der Waals surface area contributed by atoms with Crippen molar-refractivity contribution < 1.29 is 4.79 Å². The van der Waals surface area contributed by atoms with Crippen molar-refractivity contribution in [2.45, 2.75) is 18.9 Å². The first-order valence-electron chi connectivity index (χ1n) is 6.11. The van der Waals surface area contributed by atoms with Crippen molar-refractivity contribution in [1.82, 2.24) is 10.2 Å². The van der Waals surface area contributed by atoms with E-state index in [0.717, 1.165) is 42.8 Å². The van der Waals surface area contributed by atoms with Gasteiger partial charge in [-0.3, -0.25) is 4.79 Å². The molecule has 88 valence electrons. The highest BCUT2D eigenvalue weighted by atomic mass is 16.2. The second-order valence-electron chi connectivity index (χ2n) is 4.65. The average molecular weight is 228 g/mol. The van der Waals surface area contributed by atoms with Crippen LogP contribution < -0.4 is 5.32 Å². The second-order valence-corrected chi connectivity index (χ2v) is 4.65. The van der Waals surface area contributed by atoms with Crippen LogP contribution in [0.15, 0.2) is 30.8 Å². The number of nitrogens with one attached hydrogen (secondary N) is 1. The van der Waals surface area contributed by atoms with Gasteiger partial charge in [0.2, 0.25) is 0 Å². The van der Waals surface area contributed by atoms with Gasteiger partial charge in [-0.1, -0.05) is 24.8 Å². The van der Waals surface area contributed by atoms with E-state index in [4.69, 9.17) is 0 Å². The molecule has 3 heteroatoms. The predicted octanol–water partition coefficient (Wildman–Crippen LogP) is 1.87. The molecule has 0 spiro atoms. The van der Waals surface area contributed by atoms with Gasteiger partial charge >= 0.3 is 0 Å². The van der Waals surface area contributed by atoms with Crippen molar-refractivity contribution in [2.24, 2.45) is 0 Å². The lowest BCUT2D eigenvalue weighted by atomic mass is 10.0. The predicted molar refractivity (Wildman–Crippen MR) is 67.5 cm³/mol. The van der Waals surface area contributed by atoms with Gasteiger partial charge in [-0.05, 0) is 32.0 Å². The summed E-state index contributed by atoms with van der Waals surface area (Å²) in [5.41, 5.74) is 2.67.